The molecule has 40 heavy (non-hydrogen) atoms. The maximum Gasteiger partial charge on any atom is 0.329 e. The van der Waals surface area contributed by atoms with Crippen molar-refractivity contribution in [3.63, 3.8) is 0 Å². The lowest BCUT2D eigenvalue weighted by Crippen LogP contribution is -2.57. The lowest BCUT2D eigenvalue weighted by molar-refractivity contribution is -0.384. The van der Waals surface area contributed by atoms with Crippen LogP contribution in [0.1, 0.15) is 39.5 Å². The summed E-state index contributed by atoms with van der Waals surface area (Å²) in [5.41, 5.74) is 2.22. The fourth-order valence-corrected chi connectivity index (χ4v) is 7.41. The Hall–Kier alpha value is -4.08. The lowest BCUT2D eigenvalue weighted by Gasteiger charge is -2.54. The lowest BCUT2D eigenvalue weighted by atomic mass is 9.54. The molecule has 9 nitrogen and oxygen atoms in total. The molecule has 0 radical (unpaired) electrons. The molecule has 7 rings (SSSR count). The van der Waals surface area contributed by atoms with E-state index >= 15 is 0 Å². The predicted octanol–water partition coefficient (Wildman–Crippen LogP) is 4.30. The number of hydrogen-bond acceptors (Lipinski definition) is 7. The molecular formula is C29H20Cl2N2O7. The van der Waals surface area contributed by atoms with Crippen LogP contribution in [-0.2, 0) is 28.9 Å². The van der Waals surface area contributed by atoms with E-state index in [-0.39, 0.29) is 11.3 Å². The Labute approximate surface area is 237 Å². The molecule has 1 heterocycles. The van der Waals surface area contributed by atoms with Gasteiger partial charge in [-0.05, 0) is 29.2 Å². The minimum Gasteiger partial charge on any atom is -0.456 e. The number of nitro groups is 1. The molecule has 2 amide bonds. The molecule has 4 aliphatic rings. The summed E-state index contributed by atoms with van der Waals surface area (Å²) in [6.07, 6.45) is 0. The zero-order chi connectivity index (χ0) is 28.6. The molecule has 202 valence electrons. The first-order valence-electron chi connectivity index (χ1n) is 12.4. The first-order valence-corrected chi connectivity index (χ1v) is 13.2. The molecule has 0 unspecified atom stereocenters. The third-order valence-corrected chi connectivity index (χ3v) is 9.36. The Bertz CT molecular complexity index is 1530. The van der Waals surface area contributed by atoms with Crippen molar-refractivity contribution in [2.24, 2.45) is 11.8 Å². The van der Waals surface area contributed by atoms with E-state index < -0.39 is 62.7 Å². The van der Waals surface area contributed by atoms with Crippen LogP contribution >= 0.6 is 23.2 Å². The second-order valence-corrected chi connectivity index (χ2v) is 11.2. The van der Waals surface area contributed by atoms with Crippen LogP contribution in [0.25, 0.3) is 0 Å². The second kappa shape index (κ2) is 8.97. The molecule has 3 atom stereocenters. The highest BCUT2D eigenvalue weighted by atomic mass is 35.5. The number of nitro benzene ring substituents is 1. The SMILES string of the molecule is C[C@@H](C(=O)OCC(=O)c1cccc([N+](=O)[O-])c1)N1C(=O)[C@@H]2[C@H](C1=O)C1(Cl)c3ccccc3C2(Cl)c2ccccc21. The minimum absolute atomic E-state index is 0.0192. The molecule has 1 fully saturated rings. The average molecular weight is 579 g/mol. The van der Waals surface area contributed by atoms with Crippen LogP contribution in [0.2, 0.25) is 0 Å². The van der Waals surface area contributed by atoms with E-state index in [2.05, 4.69) is 0 Å². The number of ether oxygens (including phenoxy) is 1. The number of halogens is 2. The number of nitrogens with zero attached hydrogens (tertiary/aromatic N) is 2. The molecule has 0 saturated carbocycles. The number of ketones is 1. The van der Waals surface area contributed by atoms with Crippen LogP contribution < -0.4 is 0 Å². The molecule has 3 aromatic rings. The van der Waals surface area contributed by atoms with Crippen molar-refractivity contribution in [2.75, 3.05) is 6.61 Å². The van der Waals surface area contributed by atoms with Gasteiger partial charge in [0.05, 0.1) is 16.8 Å². The summed E-state index contributed by atoms with van der Waals surface area (Å²) in [5, 5.41) is 11.0. The Morgan fingerprint density at radius 1 is 0.900 bits per heavy atom. The van der Waals surface area contributed by atoms with E-state index in [9.17, 15) is 29.3 Å². The summed E-state index contributed by atoms with van der Waals surface area (Å²) < 4.78 is 5.16. The molecule has 0 aromatic heterocycles. The average Bonchev–Trinajstić information content (AvgIpc) is 3.24. The number of rotatable bonds is 6. The highest BCUT2D eigenvalue weighted by molar-refractivity contribution is 6.36. The van der Waals surface area contributed by atoms with E-state index in [1.807, 2.05) is 0 Å². The molecule has 3 aliphatic carbocycles. The van der Waals surface area contributed by atoms with Crippen LogP contribution in [0.5, 0.6) is 0 Å². The fourth-order valence-electron chi connectivity index (χ4n) is 6.31. The van der Waals surface area contributed by atoms with Gasteiger partial charge in [0, 0.05) is 17.7 Å². The number of imide groups is 1. The van der Waals surface area contributed by atoms with E-state index in [4.69, 9.17) is 27.9 Å². The van der Waals surface area contributed by atoms with Crippen molar-refractivity contribution < 1.29 is 28.8 Å². The standard InChI is InChI=1S/C29H20Cl2N2O7/c1-15(27(37)40-14-22(34)16-7-6-8-17(13-16)33(38)39)32-25(35)23-24(26(32)36)29(31)19-10-3-2-9-18(19)28(23,30)20-11-4-5-12-21(20)29/h2-13,15,23-24H,14H2,1H3/t15-,23-,24+,28?,29?/m0/s1. The molecule has 11 heteroatoms. The molecule has 3 aromatic carbocycles. The number of Topliss-reactive ketones (excluding diaryl/α,β-unsaturated/α-hetero) is 1. The van der Waals surface area contributed by atoms with Gasteiger partial charge in [-0.15, -0.1) is 23.2 Å². The zero-order valence-corrected chi connectivity index (χ0v) is 22.4. The first-order chi connectivity index (χ1) is 19.0. The van der Waals surface area contributed by atoms with Crippen molar-refractivity contribution in [1.29, 1.82) is 0 Å². The number of esters is 1. The summed E-state index contributed by atoms with van der Waals surface area (Å²) in [4.78, 5) is 61.9. The summed E-state index contributed by atoms with van der Waals surface area (Å²) in [5.74, 6) is -5.15. The summed E-state index contributed by atoms with van der Waals surface area (Å²) in [6, 6.07) is 18.0. The van der Waals surface area contributed by atoms with Gasteiger partial charge in [-0.25, -0.2) is 4.79 Å². The number of amides is 2. The van der Waals surface area contributed by atoms with E-state index in [0.29, 0.717) is 22.3 Å². The fraction of sp³-hybridized carbons (Fsp3) is 0.241. The number of hydrogen-bond donors (Lipinski definition) is 0. The third kappa shape index (κ3) is 3.34. The Kier molecular flexibility index (Phi) is 5.87. The highest BCUT2D eigenvalue weighted by Crippen LogP contribution is 2.69. The molecular weight excluding hydrogens is 559 g/mol. The van der Waals surface area contributed by atoms with Gasteiger partial charge < -0.3 is 4.74 Å². The van der Waals surface area contributed by atoms with Gasteiger partial charge in [-0.3, -0.25) is 29.4 Å². The van der Waals surface area contributed by atoms with Crippen LogP contribution in [-0.4, -0.2) is 46.0 Å². The topological polar surface area (TPSA) is 124 Å². The quantitative estimate of drug-likeness (QED) is 0.107. The molecule has 0 N–H and O–H groups in total. The Morgan fingerprint density at radius 2 is 1.38 bits per heavy atom. The number of benzene rings is 3. The number of likely N-dealkylation sites (tertiary alicyclic amines) is 1. The second-order valence-electron chi connectivity index (χ2n) is 10.0. The van der Waals surface area contributed by atoms with Crippen molar-refractivity contribution in [3.8, 4) is 0 Å². The van der Waals surface area contributed by atoms with Gasteiger partial charge in [0.15, 0.2) is 6.61 Å². The summed E-state index contributed by atoms with van der Waals surface area (Å²) in [6.45, 7) is 0.598. The van der Waals surface area contributed by atoms with Gasteiger partial charge in [-0.2, -0.15) is 0 Å². The summed E-state index contributed by atoms with van der Waals surface area (Å²) >= 11 is 14.7. The Balaban J connectivity index is 1.30. The maximum atomic E-state index is 13.9. The molecule has 0 spiro atoms. The maximum absolute atomic E-state index is 13.9. The highest BCUT2D eigenvalue weighted by Gasteiger charge is 2.73. The molecule has 2 bridgehead atoms. The predicted molar refractivity (Wildman–Crippen MR) is 143 cm³/mol. The minimum atomic E-state index is -1.39. The number of carbonyl (C=O) groups excluding carboxylic acids is 4. The van der Waals surface area contributed by atoms with Gasteiger partial charge in [0.25, 0.3) is 5.69 Å². The van der Waals surface area contributed by atoms with E-state index in [0.717, 1.165) is 11.0 Å². The largest absolute Gasteiger partial charge is 0.456 e. The van der Waals surface area contributed by atoms with Crippen LogP contribution in [0.3, 0.4) is 0 Å². The number of carbonyl (C=O) groups is 4. The zero-order valence-electron chi connectivity index (χ0n) is 20.9. The van der Waals surface area contributed by atoms with Crippen molar-refractivity contribution in [2.45, 2.75) is 22.7 Å². The van der Waals surface area contributed by atoms with E-state index in [1.54, 1.807) is 48.5 Å². The Morgan fingerprint density at radius 3 is 1.82 bits per heavy atom. The summed E-state index contributed by atoms with van der Waals surface area (Å²) in [7, 11) is 0. The number of non-ortho nitro benzene ring substituents is 1. The molecule has 1 saturated heterocycles. The van der Waals surface area contributed by atoms with Gasteiger partial charge in [0.1, 0.15) is 15.8 Å². The van der Waals surface area contributed by atoms with E-state index in [1.165, 1.54) is 25.1 Å². The van der Waals surface area contributed by atoms with Gasteiger partial charge in [0.2, 0.25) is 17.6 Å². The van der Waals surface area contributed by atoms with Crippen molar-refractivity contribution >= 4 is 52.5 Å². The van der Waals surface area contributed by atoms with Gasteiger partial charge >= 0.3 is 5.97 Å². The van der Waals surface area contributed by atoms with Crippen LogP contribution in [0.15, 0.2) is 72.8 Å². The molecule has 1 aliphatic heterocycles. The number of alkyl halides is 2. The monoisotopic (exact) mass is 578 g/mol. The van der Waals surface area contributed by atoms with Crippen LogP contribution in [0, 0.1) is 22.0 Å². The van der Waals surface area contributed by atoms with Crippen LogP contribution in [0.4, 0.5) is 5.69 Å². The van der Waals surface area contributed by atoms with Crippen molar-refractivity contribution in [3.05, 3.63) is 111 Å². The van der Waals surface area contributed by atoms with Gasteiger partial charge in [-0.1, -0.05) is 60.7 Å². The normalized spacial score (nSPS) is 26.5. The third-order valence-electron chi connectivity index (χ3n) is 8.07. The first kappa shape index (κ1) is 26.2. The smallest absolute Gasteiger partial charge is 0.329 e. The van der Waals surface area contributed by atoms with Crippen molar-refractivity contribution in [1.82, 2.24) is 4.90 Å².